The van der Waals surface area contributed by atoms with E-state index in [4.69, 9.17) is 20.1 Å². The van der Waals surface area contributed by atoms with Crippen LogP contribution in [-0.4, -0.2) is 47.9 Å². The summed E-state index contributed by atoms with van der Waals surface area (Å²) < 4.78 is 6.82. The van der Waals surface area contributed by atoms with Crippen molar-refractivity contribution in [2.45, 2.75) is 6.10 Å². The minimum Gasteiger partial charge on any atom is -0.394 e. The number of ether oxygens (including phenoxy) is 1. The first-order chi connectivity index (χ1) is 6.11. The van der Waals surface area contributed by atoms with Gasteiger partial charge in [-0.15, -0.1) is 0 Å². The molecule has 78 valence electrons. The average Bonchev–Trinajstić information content (AvgIpc) is 2.15. The minimum atomic E-state index is -0.823. The maximum absolute atomic E-state index is 8.92. The summed E-state index contributed by atoms with van der Waals surface area (Å²) in [5.41, 5.74) is 0. The fraction of sp³-hybridized carbons (Fsp3) is 0.714. The van der Waals surface area contributed by atoms with Crippen LogP contribution in [0.4, 0.5) is 0 Å². The van der Waals surface area contributed by atoms with Crippen molar-refractivity contribution in [3.8, 4) is 0 Å². The Bertz CT molecular complexity index is 172. The molecule has 0 aliphatic carbocycles. The maximum atomic E-state index is 8.92. The molecule has 0 aromatic heterocycles. The Labute approximate surface area is 104 Å². The highest BCUT2D eigenvalue weighted by atomic mass is 127. The molecule has 0 aromatic carbocycles. The van der Waals surface area contributed by atoms with Crippen LogP contribution in [0.15, 0.2) is 7.16 Å². The van der Waals surface area contributed by atoms with Crippen molar-refractivity contribution >= 4 is 45.2 Å². The molecule has 0 aromatic rings. The third-order valence-corrected chi connectivity index (χ3v) is 4.17. The molecule has 0 aliphatic heterocycles. The van der Waals surface area contributed by atoms with Crippen LogP contribution in [0, 0.1) is 0 Å². The molecule has 1 unspecified atom stereocenters. The van der Waals surface area contributed by atoms with Gasteiger partial charge in [0.15, 0.2) is 0 Å². The second kappa shape index (κ2) is 8.36. The summed E-state index contributed by atoms with van der Waals surface area (Å²) in [6.07, 6.45) is -0.823. The van der Waals surface area contributed by atoms with Crippen molar-refractivity contribution < 1.29 is 20.1 Å². The van der Waals surface area contributed by atoms with Crippen LogP contribution >= 0.6 is 45.2 Å². The van der Waals surface area contributed by atoms with E-state index in [2.05, 4.69) is 22.6 Å². The molecular weight excluding hydrogens is 402 g/mol. The van der Waals surface area contributed by atoms with Gasteiger partial charge < -0.3 is 20.1 Å². The SMILES string of the molecule is OC/C(I)=C(\I)COCC(O)CO. The molecule has 0 saturated heterocycles. The molecule has 13 heavy (non-hydrogen) atoms. The van der Waals surface area contributed by atoms with E-state index in [1.165, 1.54) is 0 Å². The monoisotopic (exact) mass is 414 g/mol. The normalized spacial score (nSPS) is 15.5. The molecule has 0 heterocycles. The number of rotatable bonds is 6. The predicted molar refractivity (Wildman–Crippen MR) is 66.1 cm³/mol. The first-order valence-corrected chi connectivity index (χ1v) is 5.78. The lowest BCUT2D eigenvalue weighted by molar-refractivity contribution is 0.0146. The summed E-state index contributed by atoms with van der Waals surface area (Å²) in [6, 6.07) is 0. The van der Waals surface area contributed by atoms with Gasteiger partial charge in [0.25, 0.3) is 0 Å². The lowest BCUT2D eigenvalue weighted by Crippen LogP contribution is -2.19. The van der Waals surface area contributed by atoms with Crippen LogP contribution < -0.4 is 0 Å². The number of aliphatic hydroxyl groups is 3. The van der Waals surface area contributed by atoms with E-state index in [1.54, 1.807) is 0 Å². The van der Waals surface area contributed by atoms with Gasteiger partial charge in [-0.2, -0.15) is 0 Å². The van der Waals surface area contributed by atoms with Gasteiger partial charge in [0.2, 0.25) is 0 Å². The Morgan fingerprint density at radius 2 is 1.85 bits per heavy atom. The predicted octanol–water partition coefficient (Wildman–Crippen LogP) is 0.430. The third-order valence-electron chi connectivity index (χ3n) is 1.18. The maximum Gasteiger partial charge on any atom is 0.100 e. The van der Waals surface area contributed by atoms with Crippen LogP contribution in [0.1, 0.15) is 0 Å². The number of aliphatic hydroxyl groups excluding tert-OH is 3. The summed E-state index contributed by atoms with van der Waals surface area (Å²) >= 11 is 4.10. The van der Waals surface area contributed by atoms with Crippen LogP contribution in [0.5, 0.6) is 0 Å². The van der Waals surface area contributed by atoms with Crippen LogP contribution in [0.2, 0.25) is 0 Å². The number of hydrogen-bond acceptors (Lipinski definition) is 4. The van der Waals surface area contributed by atoms with Gasteiger partial charge in [-0.05, 0) is 45.2 Å². The van der Waals surface area contributed by atoms with E-state index in [0.29, 0.717) is 6.61 Å². The quantitative estimate of drug-likeness (QED) is 0.552. The van der Waals surface area contributed by atoms with Gasteiger partial charge in [0, 0.05) is 7.16 Å². The van der Waals surface area contributed by atoms with Crippen molar-refractivity contribution in [2.75, 3.05) is 26.4 Å². The molecule has 0 radical (unpaired) electrons. The van der Waals surface area contributed by atoms with E-state index in [-0.39, 0.29) is 19.8 Å². The van der Waals surface area contributed by atoms with Crippen molar-refractivity contribution in [1.29, 1.82) is 0 Å². The largest absolute Gasteiger partial charge is 0.394 e. The zero-order valence-corrected chi connectivity index (χ0v) is 11.2. The Morgan fingerprint density at radius 1 is 1.23 bits per heavy atom. The first kappa shape index (κ1) is 14.0. The second-order valence-corrected chi connectivity index (χ2v) is 4.92. The summed E-state index contributed by atoms with van der Waals surface area (Å²) in [5.74, 6) is 0. The van der Waals surface area contributed by atoms with Crippen molar-refractivity contribution in [3.63, 3.8) is 0 Å². The smallest absolute Gasteiger partial charge is 0.100 e. The summed E-state index contributed by atoms with van der Waals surface area (Å²) in [5, 5.41) is 26.1. The first-order valence-electron chi connectivity index (χ1n) is 3.62. The molecule has 4 nitrogen and oxygen atoms in total. The van der Waals surface area contributed by atoms with Crippen LogP contribution in [0.25, 0.3) is 0 Å². The highest BCUT2D eigenvalue weighted by molar-refractivity contribution is 14.1. The van der Waals surface area contributed by atoms with Crippen molar-refractivity contribution in [3.05, 3.63) is 7.16 Å². The molecule has 0 aliphatic rings. The number of halogens is 2. The van der Waals surface area contributed by atoms with Crippen LogP contribution in [0.3, 0.4) is 0 Å². The highest BCUT2D eigenvalue weighted by Gasteiger charge is 2.03. The fourth-order valence-electron chi connectivity index (χ4n) is 0.501. The fourth-order valence-corrected chi connectivity index (χ4v) is 1.05. The lowest BCUT2D eigenvalue weighted by Gasteiger charge is -2.08. The molecule has 0 rings (SSSR count). The molecule has 0 spiro atoms. The Hall–Kier alpha value is 1.04. The minimum absolute atomic E-state index is 0.00471. The zero-order valence-electron chi connectivity index (χ0n) is 6.91. The third kappa shape index (κ3) is 7.03. The zero-order chi connectivity index (χ0) is 10.3. The summed E-state index contributed by atoms with van der Waals surface area (Å²) in [7, 11) is 0. The standard InChI is InChI=1S/C7H12I2O4/c8-6(2-11)7(9)4-13-3-5(12)1-10/h5,10-12H,1-4H2/b7-6+. The molecule has 1 atom stereocenters. The van der Waals surface area contributed by atoms with Gasteiger partial charge >= 0.3 is 0 Å². The van der Waals surface area contributed by atoms with Gasteiger partial charge in [0.05, 0.1) is 26.4 Å². The average molecular weight is 414 g/mol. The Balaban J connectivity index is 3.65. The highest BCUT2D eigenvalue weighted by Crippen LogP contribution is 2.18. The lowest BCUT2D eigenvalue weighted by atomic mass is 10.4. The summed E-state index contributed by atoms with van der Waals surface area (Å²) in [6.45, 7) is 0.178. The van der Waals surface area contributed by atoms with Gasteiger partial charge in [-0.25, -0.2) is 0 Å². The van der Waals surface area contributed by atoms with Crippen LogP contribution in [-0.2, 0) is 4.74 Å². The van der Waals surface area contributed by atoms with E-state index < -0.39 is 6.10 Å². The molecule has 0 fully saturated rings. The van der Waals surface area contributed by atoms with Gasteiger partial charge in [-0.3, -0.25) is 0 Å². The topological polar surface area (TPSA) is 69.9 Å². The van der Waals surface area contributed by atoms with Gasteiger partial charge in [0.1, 0.15) is 6.10 Å². The summed E-state index contributed by atoms with van der Waals surface area (Å²) in [4.78, 5) is 0. The second-order valence-electron chi connectivity index (χ2n) is 2.32. The Kier molecular flexibility index (Phi) is 9.03. The molecule has 6 heteroatoms. The van der Waals surface area contributed by atoms with E-state index in [9.17, 15) is 0 Å². The number of hydrogen-bond donors (Lipinski definition) is 3. The molecule has 3 N–H and O–H groups in total. The van der Waals surface area contributed by atoms with E-state index in [1.807, 2.05) is 22.6 Å². The van der Waals surface area contributed by atoms with Crippen molar-refractivity contribution in [2.24, 2.45) is 0 Å². The Morgan fingerprint density at radius 3 is 2.31 bits per heavy atom. The van der Waals surface area contributed by atoms with E-state index in [0.717, 1.165) is 7.16 Å². The van der Waals surface area contributed by atoms with E-state index >= 15 is 0 Å². The molecule has 0 bridgehead atoms. The van der Waals surface area contributed by atoms with Crippen molar-refractivity contribution in [1.82, 2.24) is 0 Å². The molecule has 0 amide bonds. The van der Waals surface area contributed by atoms with Gasteiger partial charge in [-0.1, -0.05) is 0 Å². The molecular formula is C7H12I2O4. The molecule has 0 saturated carbocycles.